The highest BCUT2D eigenvalue weighted by atomic mass is 16.5. The third-order valence-electron chi connectivity index (χ3n) is 5.04. The molecule has 30 heavy (non-hydrogen) atoms. The molecule has 0 unspecified atom stereocenters. The number of carbonyl (C=O) groups excluding carboxylic acids is 2. The molecule has 1 aliphatic rings. The van der Waals surface area contributed by atoms with Gasteiger partial charge in [0.1, 0.15) is 11.4 Å². The van der Waals surface area contributed by atoms with Gasteiger partial charge in [-0.3, -0.25) is 14.5 Å². The Morgan fingerprint density at radius 1 is 0.967 bits per heavy atom. The van der Waals surface area contributed by atoms with Gasteiger partial charge in [0.15, 0.2) is 0 Å². The molecule has 2 aromatic rings. The molecule has 0 saturated heterocycles. The number of rotatable bonds is 10. The average molecular weight is 408 g/mol. The lowest BCUT2D eigenvalue weighted by Crippen LogP contribution is -2.35. The fourth-order valence-electron chi connectivity index (χ4n) is 3.54. The minimum Gasteiger partial charge on any atom is -0.497 e. The minimum absolute atomic E-state index is 0.263. The van der Waals surface area contributed by atoms with Crippen LogP contribution in [0.25, 0.3) is 5.57 Å². The molecular weight excluding hydrogens is 380 g/mol. The second-order valence-corrected chi connectivity index (χ2v) is 7.11. The summed E-state index contributed by atoms with van der Waals surface area (Å²) >= 11 is 0. The number of likely N-dealkylation sites (N-methyl/N-ethyl adjacent to an activating group) is 1. The molecule has 0 radical (unpaired) electrons. The molecule has 2 aromatic carbocycles. The first-order chi connectivity index (χ1) is 14.6. The fourth-order valence-corrected chi connectivity index (χ4v) is 3.54. The lowest BCUT2D eigenvalue weighted by molar-refractivity contribution is -0.137. The number of carbonyl (C=O) groups is 2. The van der Waals surface area contributed by atoms with E-state index in [0.717, 1.165) is 5.56 Å². The summed E-state index contributed by atoms with van der Waals surface area (Å²) in [5, 5.41) is 0. The molecule has 0 spiro atoms. The second kappa shape index (κ2) is 10.1. The van der Waals surface area contributed by atoms with Crippen molar-refractivity contribution in [3.8, 4) is 5.75 Å². The van der Waals surface area contributed by atoms with E-state index >= 15 is 0 Å². The summed E-state index contributed by atoms with van der Waals surface area (Å²) in [6.45, 7) is 3.91. The summed E-state index contributed by atoms with van der Waals surface area (Å²) in [7, 11) is 3.44. The Kier molecular flexibility index (Phi) is 7.25. The molecule has 0 N–H and O–H groups in total. The van der Waals surface area contributed by atoms with Crippen LogP contribution in [0.3, 0.4) is 0 Å². The van der Waals surface area contributed by atoms with Crippen LogP contribution in [0.4, 0.5) is 0 Å². The van der Waals surface area contributed by atoms with Crippen LogP contribution >= 0.6 is 0 Å². The van der Waals surface area contributed by atoms with Crippen LogP contribution in [-0.4, -0.2) is 55.5 Å². The Bertz CT molecular complexity index is 907. The van der Waals surface area contributed by atoms with Crippen LogP contribution in [0.2, 0.25) is 0 Å². The van der Waals surface area contributed by atoms with Gasteiger partial charge in [0.2, 0.25) is 0 Å². The molecule has 0 aliphatic carbocycles. The smallest absolute Gasteiger partial charge is 0.277 e. The molecule has 1 aliphatic heterocycles. The standard InChI is InChI=1S/C24H28N2O4/c1-4-30-16-8-15-26-23(27)21(19-11-13-20(29-3)14-12-19)22(24(26)28)25(2)17-18-9-6-5-7-10-18/h5-7,9-14H,4,8,15-17H2,1-3H3. The van der Waals surface area contributed by atoms with Gasteiger partial charge in [0, 0.05) is 33.4 Å². The summed E-state index contributed by atoms with van der Waals surface area (Å²) in [6.07, 6.45) is 0.608. The fraction of sp³-hybridized carbons (Fsp3) is 0.333. The number of methoxy groups -OCH3 is 1. The average Bonchev–Trinajstić information content (AvgIpc) is 3.02. The molecule has 0 fully saturated rings. The van der Waals surface area contributed by atoms with E-state index in [4.69, 9.17) is 9.47 Å². The van der Waals surface area contributed by atoms with Gasteiger partial charge in [-0.05, 0) is 36.6 Å². The van der Waals surface area contributed by atoms with E-state index < -0.39 is 0 Å². The zero-order valence-corrected chi connectivity index (χ0v) is 17.8. The monoisotopic (exact) mass is 408 g/mol. The zero-order chi connectivity index (χ0) is 21.5. The molecule has 1 heterocycles. The highest BCUT2D eigenvalue weighted by molar-refractivity contribution is 6.35. The first-order valence-electron chi connectivity index (χ1n) is 10.1. The highest BCUT2D eigenvalue weighted by Gasteiger charge is 2.40. The highest BCUT2D eigenvalue weighted by Crippen LogP contribution is 2.32. The van der Waals surface area contributed by atoms with Crippen LogP contribution in [-0.2, 0) is 20.9 Å². The van der Waals surface area contributed by atoms with E-state index in [9.17, 15) is 9.59 Å². The van der Waals surface area contributed by atoms with Gasteiger partial charge in [0.25, 0.3) is 11.8 Å². The number of ether oxygens (including phenoxy) is 2. The molecule has 6 nitrogen and oxygen atoms in total. The third-order valence-corrected chi connectivity index (χ3v) is 5.04. The Balaban J connectivity index is 1.92. The van der Waals surface area contributed by atoms with Gasteiger partial charge in [0.05, 0.1) is 12.7 Å². The summed E-state index contributed by atoms with van der Waals surface area (Å²) in [5.74, 6) is 0.168. The second-order valence-electron chi connectivity index (χ2n) is 7.11. The molecule has 0 saturated carbocycles. The van der Waals surface area contributed by atoms with Crippen molar-refractivity contribution in [1.29, 1.82) is 0 Å². The molecule has 2 amide bonds. The molecule has 0 atom stereocenters. The SMILES string of the molecule is CCOCCCN1C(=O)C(c2ccc(OC)cc2)=C(N(C)Cc2ccccc2)C1=O. The topological polar surface area (TPSA) is 59.1 Å². The number of hydrogen-bond donors (Lipinski definition) is 0. The zero-order valence-electron chi connectivity index (χ0n) is 17.8. The van der Waals surface area contributed by atoms with E-state index in [0.29, 0.717) is 55.3 Å². The van der Waals surface area contributed by atoms with Crippen molar-refractivity contribution >= 4 is 17.4 Å². The van der Waals surface area contributed by atoms with E-state index in [2.05, 4.69) is 0 Å². The predicted molar refractivity (Wildman–Crippen MR) is 116 cm³/mol. The largest absolute Gasteiger partial charge is 0.497 e. The number of nitrogens with zero attached hydrogens (tertiary/aromatic N) is 2. The van der Waals surface area contributed by atoms with E-state index in [1.54, 1.807) is 19.2 Å². The number of imide groups is 1. The first-order valence-corrected chi connectivity index (χ1v) is 10.1. The van der Waals surface area contributed by atoms with Crippen LogP contribution in [0, 0.1) is 0 Å². The Labute approximate surface area is 177 Å². The number of amides is 2. The van der Waals surface area contributed by atoms with Crippen LogP contribution in [0.1, 0.15) is 24.5 Å². The van der Waals surface area contributed by atoms with Crippen molar-refractivity contribution in [2.24, 2.45) is 0 Å². The van der Waals surface area contributed by atoms with Crippen molar-refractivity contribution in [2.75, 3.05) is 33.9 Å². The number of hydrogen-bond acceptors (Lipinski definition) is 5. The summed E-state index contributed by atoms with van der Waals surface area (Å²) in [6, 6.07) is 17.1. The maximum atomic E-state index is 13.3. The Hall–Kier alpha value is -3.12. The van der Waals surface area contributed by atoms with E-state index in [-0.39, 0.29) is 11.8 Å². The third kappa shape index (κ3) is 4.71. The van der Waals surface area contributed by atoms with Crippen molar-refractivity contribution in [3.63, 3.8) is 0 Å². The predicted octanol–water partition coefficient (Wildman–Crippen LogP) is 3.33. The van der Waals surface area contributed by atoms with Crippen molar-refractivity contribution in [1.82, 2.24) is 9.80 Å². The van der Waals surface area contributed by atoms with Gasteiger partial charge in [-0.25, -0.2) is 0 Å². The van der Waals surface area contributed by atoms with Gasteiger partial charge in [-0.15, -0.1) is 0 Å². The lowest BCUT2D eigenvalue weighted by Gasteiger charge is -2.21. The summed E-state index contributed by atoms with van der Waals surface area (Å²) in [4.78, 5) is 29.7. The Morgan fingerprint density at radius 3 is 2.30 bits per heavy atom. The van der Waals surface area contributed by atoms with Gasteiger partial charge < -0.3 is 14.4 Å². The number of benzene rings is 2. The molecule has 6 heteroatoms. The molecule has 0 bridgehead atoms. The van der Waals surface area contributed by atoms with Crippen molar-refractivity contribution in [3.05, 3.63) is 71.4 Å². The maximum absolute atomic E-state index is 13.3. The minimum atomic E-state index is -0.267. The normalized spacial score (nSPS) is 13.9. The quantitative estimate of drug-likeness (QED) is 0.446. The van der Waals surface area contributed by atoms with Gasteiger partial charge in [-0.1, -0.05) is 42.5 Å². The maximum Gasteiger partial charge on any atom is 0.277 e. The van der Waals surface area contributed by atoms with Gasteiger partial charge in [-0.2, -0.15) is 0 Å². The lowest BCUT2D eigenvalue weighted by atomic mass is 10.0. The molecule has 0 aromatic heterocycles. The Morgan fingerprint density at radius 2 is 1.67 bits per heavy atom. The molecule has 3 rings (SSSR count). The van der Waals surface area contributed by atoms with Crippen LogP contribution in [0.15, 0.2) is 60.3 Å². The van der Waals surface area contributed by atoms with E-state index in [1.807, 2.05) is 61.3 Å². The van der Waals surface area contributed by atoms with Crippen molar-refractivity contribution in [2.45, 2.75) is 19.9 Å². The van der Waals surface area contributed by atoms with Crippen molar-refractivity contribution < 1.29 is 19.1 Å². The molecular formula is C24H28N2O4. The summed E-state index contributed by atoms with van der Waals surface area (Å²) < 4.78 is 10.6. The van der Waals surface area contributed by atoms with Crippen LogP contribution in [0.5, 0.6) is 5.75 Å². The van der Waals surface area contributed by atoms with Gasteiger partial charge >= 0.3 is 0 Å². The molecule has 158 valence electrons. The summed E-state index contributed by atoms with van der Waals surface area (Å²) in [5.41, 5.74) is 2.62. The van der Waals surface area contributed by atoms with E-state index in [1.165, 1.54) is 4.90 Å². The first kappa shape index (κ1) is 21.6. The van der Waals surface area contributed by atoms with Crippen LogP contribution < -0.4 is 4.74 Å².